The van der Waals surface area contributed by atoms with Crippen molar-refractivity contribution in [2.75, 3.05) is 33.4 Å². The van der Waals surface area contributed by atoms with Crippen LogP contribution in [0.1, 0.15) is 27.2 Å². The number of rotatable bonds is 6. The van der Waals surface area contributed by atoms with Gasteiger partial charge in [0.25, 0.3) is 0 Å². The summed E-state index contributed by atoms with van der Waals surface area (Å²) in [4.78, 5) is 14.2. The molecule has 1 heterocycles. The number of carbonyl (C=O) groups excluding carboxylic acids is 1. The van der Waals surface area contributed by atoms with E-state index in [1.165, 1.54) is 0 Å². The predicted octanol–water partition coefficient (Wildman–Crippen LogP) is 0.637. The molecule has 5 nitrogen and oxygen atoms in total. The zero-order chi connectivity index (χ0) is 13.5. The molecule has 106 valence electrons. The van der Waals surface area contributed by atoms with E-state index in [9.17, 15) is 4.79 Å². The van der Waals surface area contributed by atoms with Crippen LogP contribution in [-0.2, 0) is 14.3 Å². The molecule has 0 aromatic rings. The largest absolute Gasteiger partial charge is 0.380 e. The molecule has 1 saturated heterocycles. The molecule has 0 aliphatic carbocycles. The van der Waals surface area contributed by atoms with E-state index >= 15 is 0 Å². The van der Waals surface area contributed by atoms with Crippen LogP contribution < -0.4 is 5.32 Å². The van der Waals surface area contributed by atoms with Crippen molar-refractivity contribution in [1.82, 2.24) is 10.2 Å². The maximum atomic E-state index is 12.3. The van der Waals surface area contributed by atoms with Crippen LogP contribution in [0.3, 0.4) is 0 Å². The zero-order valence-electron chi connectivity index (χ0n) is 11.9. The van der Waals surface area contributed by atoms with E-state index < -0.39 is 0 Å². The van der Waals surface area contributed by atoms with Crippen molar-refractivity contribution in [3.63, 3.8) is 0 Å². The number of amides is 1. The van der Waals surface area contributed by atoms with Crippen LogP contribution in [-0.4, -0.2) is 62.4 Å². The lowest BCUT2D eigenvalue weighted by Crippen LogP contribution is -2.48. The fourth-order valence-electron chi connectivity index (χ4n) is 2.03. The molecule has 2 unspecified atom stereocenters. The van der Waals surface area contributed by atoms with E-state index in [-0.39, 0.29) is 24.1 Å². The summed E-state index contributed by atoms with van der Waals surface area (Å²) in [5.41, 5.74) is 0. The van der Waals surface area contributed by atoms with Gasteiger partial charge in [0.2, 0.25) is 5.91 Å². The van der Waals surface area contributed by atoms with Gasteiger partial charge in [-0.15, -0.1) is 0 Å². The number of methoxy groups -OCH3 is 1. The van der Waals surface area contributed by atoms with Crippen molar-refractivity contribution in [2.24, 2.45) is 0 Å². The Balaban J connectivity index is 2.47. The molecule has 0 spiro atoms. The first-order valence-corrected chi connectivity index (χ1v) is 6.68. The Kier molecular flexibility index (Phi) is 6.60. The molecule has 1 aliphatic rings. The summed E-state index contributed by atoms with van der Waals surface area (Å²) in [6.07, 6.45) is 0.557. The highest BCUT2D eigenvalue weighted by molar-refractivity contribution is 5.77. The minimum absolute atomic E-state index is 0.0620. The van der Waals surface area contributed by atoms with Crippen molar-refractivity contribution in [1.29, 1.82) is 0 Å². The monoisotopic (exact) mass is 258 g/mol. The smallest absolute Gasteiger partial charge is 0.224 e. The number of nitrogens with zero attached hydrogens (tertiary/aromatic N) is 1. The third kappa shape index (κ3) is 4.92. The van der Waals surface area contributed by atoms with Gasteiger partial charge in [-0.3, -0.25) is 4.79 Å². The number of nitrogens with one attached hydrogen (secondary N) is 1. The maximum absolute atomic E-state index is 12.3. The lowest BCUT2D eigenvalue weighted by atomic mass is 10.1. The van der Waals surface area contributed by atoms with E-state index in [2.05, 4.69) is 5.32 Å². The SMILES string of the molecule is COC(C)CN(C(=O)CC1COCCN1)C(C)C. The van der Waals surface area contributed by atoms with Gasteiger partial charge in [-0.05, 0) is 20.8 Å². The van der Waals surface area contributed by atoms with Gasteiger partial charge in [-0.2, -0.15) is 0 Å². The second kappa shape index (κ2) is 7.71. The van der Waals surface area contributed by atoms with Crippen LogP contribution >= 0.6 is 0 Å². The molecule has 1 N–H and O–H groups in total. The predicted molar refractivity (Wildman–Crippen MR) is 70.5 cm³/mol. The highest BCUT2D eigenvalue weighted by atomic mass is 16.5. The Morgan fingerprint density at radius 3 is 2.72 bits per heavy atom. The summed E-state index contributed by atoms with van der Waals surface area (Å²) in [5, 5.41) is 3.31. The van der Waals surface area contributed by atoms with Crippen LogP contribution in [0.25, 0.3) is 0 Å². The summed E-state index contributed by atoms with van der Waals surface area (Å²) in [5.74, 6) is 0.164. The molecular formula is C13H26N2O3. The lowest BCUT2D eigenvalue weighted by molar-refractivity contribution is -0.135. The molecule has 2 atom stereocenters. The van der Waals surface area contributed by atoms with Gasteiger partial charge < -0.3 is 19.7 Å². The third-order valence-corrected chi connectivity index (χ3v) is 3.22. The highest BCUT2D eigenvalue weighted by Gasteiger charge is 2.23. The number of morpholine rings is 1. The Morgan fingerprint density at radius 2 is 2.22 bits per heavy atom. The fraction of sp³-hybridized carbons (Fsp3) is 0.923. The van der Waals surface area contributed by atoms with E-state index in [0.717, 1.165) is 13.2 Å². The summed E-state index contributed by atoms with van der Waals surface area (Å²) in [6, 6.07) is 0.338. The van der Waals surface area contributed by atoms with Crippen LogP contribution in [0.4, 0.5) is 0 Å². The van der Waals surface area contributed by atoms with E-state index in [4.69, 9.17) is 9.47 Å². The van der Waals surface area contributed by atoms with Gasteiger partial charge in [0.15, 0.2) is 0 Å². The molecule has 1 rings (SSSR count). The molecule has 0 aromatic heterocycles. The minimum atomic E-state index is 0.0620. The first kappa shape index (κ1) is 15.4. The molecule has 1 amide bonds. The summed E-state index contributed by atoms with van der Waals surface area (Å²) in [7, 11) is 1.67. The van der Waals surface area contributed by atoms with Crippen LogP contribution in [0.5, 0.6) is 0 Å². The molecule has 0 bridgehead atoms. The Bertz CT molecular complexity index is 253. The third-order valence-electron chi connectivity index (χ3n) is 3.22. The summed E-state index contributed by atoms with van der Waals surface area (Å²) in [6.45, 7) is 8.87. The molecule has 0 radical (unpaired) electrons. The van der Waals surface area contributed by atoms with E-state index in [1.807, 2.05) is 25.7 Å². The quantitative estimate of drug-likeness (QED) is 0.759. The average Bonchev–Trinajstić information content (AvgIpc) is 2.36. The Labute approximate surface area is 110 Å². The molecule has 0 saturated carbocycles. The van der Waals surface area contributed by atoms with E-state index in [0.29, 0.717) is 19.6 Å². The van der Waals surface area contributed by atoms with Gasteiger partial charge in [0.05, 0.1) is 19.3 Å². The zero-order valence-corrected chi connectivity index (χ0v) is 11.9. The molecule has 1 fully saturated rings. The molecular weight excluding hydrogens is 232 g/mol. The lowest BCUT2D eigenvalue weighted by Gasteiger charge is -2.31. The van der Waals surface area contributed by atoms with Gasteiger partial charge in [-0.25, -0.2) is 0 Å². The number of hydrogen-bond acceptors (Lipinski definition) is 4. The molecule has 1 aliphatic heterocycles. The maximum Gasteiger partial charge on any atom is 0.224 e. The topological polar surface area (TPSA) is 50.8 Å². The van der Waals surface area contributed by atoms with E-state index in [1.54, 1.807) is 7.11 Å². The van der Waals surface area contributed by atoms with Gasteiger partial charge in [0.1, 0.15) is 0 Å². The summed E-state index contributed by atoms with van der Waals surface area (Å²) < 4.78 is 10.6. The fourth-order valence-corrected chi connectivity index (χ4v) is 2.03. The second-order valence-corrected chi connectivity index (χ2v) is 5.12. The number of hydrogen-bond donors (Lipinski definition) is 1. The van der Waals surface area contributed by atoms with Crippen molar-refractivity contribution in [3.05, 3.63) is 0 Å². The average molecular weight is 258 g/mol. The van der Waals surface area contributed by atoms with Crippen molar-refractivity contribution < 1.29 is 14.3 Å². The van der Waals surface area contributed by atoms with Gasteiger partial charge in [-0.1, -0.05) is 0 Å². The van der Waals surface area contributed by atoms with Gasteiger partial charge in [0, 0.05) is 38.7 Å². The Morgan fingerprint density at radius 1 is 1.50 bits per heavy atom. The first-order valence-electron chi connectivity index (χ1n) is 6.68. The number of carbonyl (C=O) groups is 1. The van der Waals surface area contributed by atoms with Gasteiger partial charge >= 0.3 is 0 Å². The van der Waals surface area contributed by atoms with Crippen molar-refractivity contribution in [2.45, 2.75) is 45.4 Å². The van der Waals surface area contributed by atoms with Crippen LogP contribution in [0, 0.1) is 0 Å². The highest BCUT2D eigenvalue weighted by Crippen LogP contribution is 2.08. The van der Waals surface area contributed by atoms with Crippen LogP contribution in [0.15, 0.2) is 0 Å². The minimum Gasteiger partial charge on any atom is -0.380 e. The van der Waals surface area contributed by atoms with Crippen molar-refractivity contribution >= 4 is 5.91 Å². The first-order chi connectivity index (χ1) is 8.54. The molecule has 18 heavy (non-hydrogen) atoms. The second-order valence-electron chi connectivity index (χ2n) is 5.12. The Hall–Kier alpha value is -0.650. The molecule has 0 aromatic carbocycles. The normalized spacial score (nSPS) is 21.9. The summed E-state index contributed by atoms with van der Waals surface area (Å²) >= 11 is 0. The number of ether oxygens (including phenoxy) is 2. The standard InChI is InChI=1S/C13H26N2O3/c1-10(2)15(8-11(3)17-4)13(16)7-12-9-18-6-5-14-12/h10-12,14H,5-9H2,1-4H3. The van der Waals surface area contributed by atoms with Crippen LogP contribution in [0.2, 0.25) is 0 Å². The van der Waals surface area contributed by atoms with Crippen molar-refractivity contribution in [3.8, 4) is 0 Å². The molecule has 5 heteroatoms.